The van der Waals surface area contributed by atoms with Crippen LogP contribution in [0.4, 0.5) is 0 Å². The number of aromatic nitrogens is 2. The van der Waals surface area contributed by atoms with E-state index >= 15 is 0 Å². The fourth-order valence-electron chi connectivity index (χ4n) is 0.485. The number of hydrogen-bond donors (Lipinski definition) is 0. The van der Waals surface area contributed by atoms with E-state index in [1.807, 2.05) is 0 Å². The average molecular weight is 110 g/mol. The van der Waals surface area contributed by atoms with Crippen molar-refractivity contribution >= 4 is 6.29 Å². The van der Waals surface area contributed by atoms with Gasteiger partial charge in [-0.25, -0.2) is 0 Å². The van der Waals surface area contributed by atoms with Gasteiger partial charge in [-0.3, -0.25) is 4.68 Å². The monoisotopic (exact) mass is 110 g/mol. The molecular formula is C5H6N2O. The molecule has 1 aromatic heterocycles. The van der Waals surface area contributed by atoms with Crippen molar-refractivity contribution in [3.8, 4) is 0 Å². The SMILES string of the molecule is O=CCn1cccn1. The minimum atomic E-state index is 0.354. The summed E-state index contributed by atoms with van der Waals surface area (Å²) in [5.74, 6) is 0. The minimum Gasteiger partial charge on any atom is -0.301 e. The molecule has 0 unspecified atom stereocenters. The van der Waals surface area contributed by atoms with Gasteiger partial charge in [0.05, 0.1) is 6.54 Å². The number of nitrogens with zero attached hydrogens (tertiary/aromatic N) is 2. The molecule has 0 aliphatic rings. The second-order valence-corrected chi connectivity index (χ2v) is 1.39. The lowest BCUT2D eigenvalue weighted by Crippen LogP contribution is -1.97. The molecule has 0 aliphatic carbocycles. The lowest BCUT2D eigenvalue weighted by molar-refractivity contribution is -0.108. The molecule has 0 saturated carbocycles. The summed E-state index contributed by atoms with van der Waals surface area (Å²) in [6.07, 6.45) is 4.20. The molecule has 42 valence electrons. The topological polar surface area (TPSA) is 34.9 Å². The van der Waals surface area contributed by atoms with Gasteiger partial charge in [0.15, 0.2) is 0 Å². The summed E-state index contributed by atoms with van der Waals surface area (Å²) in [6.45, 7) is 0.354. The van der Waals surface area contributed by atoms with Gasteiger partial charge >= 0.3 is 0 Å². The summed E-state index contributed by atoms with van der Waals surface area (Å²) in [6, 6.07) is 1.78. The molecule has 0 aliphatic heterocycles. The molecule has 1 rings (SSSR count). The van der Waals surface area contributed by atoms with E-state index in [1.54, 1.807) is 23.1 Å². The summed E-state index contributed by atoms with van der Waals surface area (Å²) in [5, 5.41) is 3.79. The van der Waals surface area contributed by atoms with Gasteiger partial charge < -0.3 is 4.79 Å². The molecule has 0 fully saturated rings. The van der Waals surface area contributed by atoms with Crippen molar-refractivity contribution in [2.24, 2.45) is 0 Å². The smallest absolute Gasteiger partial charge is 0.141 e. The predicted molar refractivity (Wildman–Crippen MR) is 28.3 cm³/mol. The van der Waals surface area contributed by atoms with Gasteiger partial charge in [0.2, 0.25) is 0 Å². The third-order valence-corrected chi connectivity index (χ3v) is 0.821. The first kappa shape index (κ1) is 5.03. The highest BCUT2D eigenvalue weighted by atomic mass is 16.1. The quantitative estimate of drug-likeness (QED) is 0.505. The minimum absolute atomic E-state index is 0.354. The van der Waals surface area contributed by atoms with Crippen LogP contribution in [0.2, 0.25) is 0 Å². The fraction of sp³-hybridized carbons (Fsp3) is 0.200. The molecule has 0 aromatic carbocycles. The number of hydrogen-bond acceptors (Lipinski definition) is 2. The molecule has 1 heterocycles. The first-order chi connectivity index (χ1) is 3.93. The summed E-state index contributed by atoms with van der Waals surface area (Å²) in [5.41, 5.74) is 0. The van der Waals surface area contributed by atoms with Crippen molar-refractivity contribution in [2.45, 2.75) is 6.54 Å². The molecule has 3 heteroatoms. The predicted octanol–water partition coefficient (Wildman–Crippen LogP) is 0.0820. The van der Waals surface area contributed by atoms with E-state index in [-0.39, 0.29) is 0 Å². The highest BCUT2D eigenvalue weighted by Gasteiger charge is 1.82. The van der Waals surface area contributed by atoms with Crippen LogP contribution in [-0.2, 0) is 11.3 Å². The van der Waals surface area contributed by atoms with E-state index in [4.69, 9.17) is 0 Å². The molecular weight excluding hydrogens is 104 g/mol. The van der Waals surface area contributed by atoms with E-state index in [9.17, 15) is 4.79 Å². The van der Waals surface area contributed by atoms with Crippen molar-refractivity contribution in [3.63, 3.8) is 0 Å². The lowest BCUT2D eigenvalue weighted by atomic mass is 10.7. The molecule has 0 N–H and O–H groups in total. The first-order valence-electron chi connectivity index (χ1n) is 2.34. The zero-order valence-electron chi connectivity index (χ0n) is 4.32. The Morgan fingerprint density at radius 1 is 1.75 bits per heavy atom. The van der Waals surface area contributed by atoms with Gasteiger partial charge in [0, 0.05) is 12.4 Å². The van der Waals surface area contributed by atoms with Crippen LogP contribution in [0.25, 0.3) is 0 Å². The third-order valence-electron chi connectivity index (χ3n) is 0.821. The number of aldehydes is 1. The third kappa shape index (κ3) is 0.932. The van der Waals surface area contributed by atoms with Gasteiger partial charge in [-0.2, -0.15) is 5.10 Å². The molecule has 0 saturated heterocycles. The van der Waals surface area contributed by atoms with E-state index in [0.29, 0.717) is 6.54 Å². The maximum Gasteiger partial charge on any atom is 0.141 e. The van der Waals surface area contributed by atoms with Gasteiger partial charge in [-0.05, 0) is 6.07 Å². The normalized spacial score (nSPS) is 9.00. The van der Waals surface area contributed by atoms with Gasteiger partial charge in [-0.15, -0.1) is 0 Å². The summed E-state index contributed by atoms with van der Waals surface area (Å²) in [4.78, 5) is 9.81. The Morgan fingerprint density at radius 3 is 3.12 bits per heavy atom. The standard InChI is InChI=1S/C5H6N2O/c8-5-4-7-3-1-2-6-7/h1-3,5H,4H2. The summed E-state index contributed by atoms with van der Waals surface area (Å²) in [7, 11) is 0. The molecule has 1 aromatic rings. The average Bonchev–Trinajstić information content (AvgIpc) is 2.19. The number of rotatable bonds is 2. The van der Waals surface area contributed by atoms with Gasteiger partial charge in [0.25, 0.3) is 0 Å². The second kappa shape index (κ2) is 2.26. The van der Waals surface area contributed by atoms with E-state index < -0.39 is 0 Å². The largest absolute Gasteiger partial charge is 0.301 e. The number of carbonyl (C=O) groups is 1. The molecule has 8 heavy (non-hydrogen) atoms. The van der Waals surface area contributed by atoms with Crippen molar-refractivity contribution in [1.29, 1.82) is 0 Å². The van der Waals surface area contributed by atoms with Crippen LogP contribution in [-0.4, -0.2) is 16.1 Å². The molecule has 0 amide bonds. The highest BCUT2D eigenvalue weighted by Crippen LogP contribution is 1.79. The highest BCUT2D eigenvalue weighted by molar-refractivity contribution is 5.48. The van der Waals surface area contributed by atoms with Crippen LogP contribution in [0.3, 0.4) is 0 Å². The van der Waals surface area contributed by atoms with Crippen molar-refractivity contribution < 1.29 is 4.79 Å². The Labute approximate surface area is 46.9 Å². The van der Waals surface area contributed by atoms with E-state index in [0.717, 1.165) is 6.29 Å². The van der Waals surface area contributed by atoms with Crippen molar-refractivity contribution in [1.82, 2.24) is 9.78 Å². The number of carbonyl (C=O) groups excluding carboxylic acids is 1. The maximum atomic E-state index is 9.81. The summed E-state index contributed by atoms with van der Waals surface area (Å²) >= 11 is 0. The fourth-order valence-corrected chi connectivity index (χ4v) is 0.485. The van der Waals surface area contributed by atoms with Crippen LogP contribution in [0.5, 0.6) is 0 Å². The molecule has 0 bridgehead atoms. The Balaban J connectivity index is 2.62. The summed E-state index contributed by atoms with van der Waals surface area (Å²) < 4.78 is 1.56. The van der Waals surface area contributed by atoms with Crippen LogP contribution in [0, 0.1) is 0 Å². The van der Waals surface area contributed by atoms with Crippen LogP contribution >= 0.6 is 0 Å². The van der Waals surface area contributed by atoms with Gasteiger partial charge in [0.1, 0.15) is 6.29 Å². The van der Waals surface area contributed by atoms with E-state index in [1.165, 1.54) is 0 Å². The zero-order chi connectivity index (χ0) is 5.82. The molecule has 0 radical (unpaired) electrons. The van der Waals surface area contributed by atoms with Crippen LogP contribution in [0.1, 0.15) is 0 Å². The van der Waals surface area contributed by atoms with Gasteiger partial charge in [-0.1, -0.05) is 0 Å². The lowest BCUT2D eigenvalue weighted by Gasteiger charge is -1.86. The van der Waals surface area contributed by atoms with Crippen LogP contribution < -0.4 is 0 Å². The Kier molecular flexibility index (Phi) is 1.42. The Bertz CT molecular complexity index is 157. The van der Waals surface area contributed by atoms with E-state index in [2.05, 4.69) is 5.10 Å². The second-order valence-electron chi connectivity index (χ2n) is 1.39. The van der Waals surface area contributed by atoms with Crippen molar-refractivity contribution in [3.05, 3.63) is 18.5 Å². The first-order valence-corrected chi connectivity index (χ1v) is 2.34. The Hall–Kier alpha value is -1.12. The van der Waals surface area contributed by atoms with Crippen molar-refractivity contribution in [2.75, 3.05) is 0 Å². The molecule has 0 atom stereocenters. The molecule has 3 nitrogen and oxygen atoms in total. The maximum absolute atomic E-state index is 9.81. The zero-order valence-corrected chi connectivity index (χ0v) is 4.32. The molecule has 0 spiro atoms. The Morgan fingerprint density at radius 2 is 2.62 bits per heavy atom. The van der Waals surface area contributed by atoms with Crippen LogP contribution in [0.15, 0.2) is 18.5 Å².